The number of benzene rings is 2. The van der Waals surface area contributed by atoms with Crippen molar-refractivity contribution in [2.24, 2.45) is 19.2 Å². The van der Waals surface area contributed by atoms with Crippen LogP contribution in [-0.4, -0.2) is 31.5 Å². The largest absolute Gasteiger partial charge is 0.494 e. The van der Waals surface area contributed by atoms with E-state index in [4.69, 9.17) is 4.74 Å². The third-order valence-electron chi connectivity index (χ3n) is 5.38. The van der Waals surface area contributed by atoms with Crippen LogP contribution < -0.4 is 21.4 Å². The zero-order chi connectivity index (χ0) is 23.5. The van der Waals surface area contributed by atoms with Crippen LogP contribution in [0.1, 0.15) is 23.6 Å². The zero-order valence-electron chi connectivity index (χ0n) is 19.1. The predicted octanol–water partition coefficient (Wildman–Crippen LogP) is 2.64. The summed E-state index contributed by atoms with van der Waals surface area (Å²) in [6.45, 7) is 4.95. The number of anilines is 1. The zero-order valence-corrected chi connectivity index (χ0v) is 19.1. The van der Waals surface area contributed by atoms with Gasteiger partial charge in [0.2, 0.25) is 5.95 Å². The molecule has 0 saturated heterocycles. The van der Waals surface area contributed by atoms with Crippen LogP contribution in [0, 0.1) is 6.92 Å². The summed E-state index contributed by atoms with van der Waals surface area (Å²) in [4.78, 5) is 29.9. The molecule has 0 unspecified atom stereocenters. The molecular formula is C24H26N6O3. The molecule has 0 aliphatic heterocycles. The molecule has 1 N–H and O–H groups in total. The maximum Gasteiger partial charge on any atom is 0.332 e. The van der Waals surface area contributed by atoms with E-state index in [1.54, 1.807) is 17.8 Å². The molecule has 0 aliphatic rings. The van der Waals surface area contributed by atoms with E-state index < -0.39 is 11.2 Å². The highest BCUT2D eigenvalue weighted by Gasteiger charge is 2.19. The van der Waals surface area contributed by atoms with Gasteiger partial charge in [0.1, 0.15) is 5.75 Å². The second-order valence-electron chi connectivity index (χ2n) is 7.76. The first-order valence-electron chi connectivity index (χ1n) is 10.6. The number of aromatic nitrogens is 4. The molecule has 0 spiro atoms. The van der Waals surface area contributed by atoms with Gasteiger partial charge >= 0.3 is 5.69 Å². The summed E-state index contributed by atoms with van der Waals surface area (Å²) in [6.07, 6.45) is 1.66. The number of aryl methyl sites for hydroxylation is 2. The van der Waals surface area contributed by atoms with Crippen LogP contribution in [-0.2, 0) is 20.6 Å². The first-order chi connectivity index (χ1) is 15.9. The van der Waals surface area contributed by atoms with Crippen molar-refractivity contribution in [1.29, 1.82) is 0 Å². The van der Waals surface area contributed by atoms with Gasteiger partial charge in [0.25, 0.3) is 5.56 Å². The SMILES string of the molecule is CCOc1ccc(/C=N\Nc2nc3c(c(=O)n(C)c(=O)n3C)n2Cc2ccc(C)cc2)cc1. The molecule has 170 valence electrons. The Kier molecular flexibility index (Phi) is 6.12. The average Bonchev–Trinajstić information content (AvgIpc) is 3.17. The molecule has 0 atom stereocenters. The molecule has 0 bridgehead atoms. The molecule has 0 saturated carbocycles. The molecular weight excluding hydrogens is 420 g/mol. The lowest BCUT2D eigenvalue weighted by Crippen LogP contribution is -2.37. The van der Waals surface area contributed by atoms with E-state index in [9.17, 15) is 9.59 Å². The van der Waals surface area contributed by atoms with Gasteiger partial charge in [-0.2, -0.15) is 10.1 Å². The van der Waals surface area contributed by atoms with Crippen LogP contribution in [0.25, 0.3) is 11.2 Å². The molecule has 2 heterocycles. The lowest BCUT2D eigenvalue weighted by atomic mass is 10.1. The summed E-state index contributed by atoms with van der Waals surface area (Å²) >= 11 is 0. The molecule has 4 aromatic rings. The first-order valence-corrected chi connectivity index (χ1v) is 10.6. The minimum atomic E-state index is -0.433. The van der Waals surface area contributed by atoms with Gasteiger partial charge in [-0.25, -0.2) is 10.2 Å². The monoisotopic (exact) mass is 446 g/mol. The van der Waals surface area contributed by atoms with Crippen molar-refractivity contribution >= 4 is 23.3 Å². The number of rotatable bonds is 7. The summed E-state index contributed by atoms with van der Waals surface area (Å²) < 4.78 is 9.65. The third-order valence-corrected chi connectivity index (χ3v) is 5.38. The number of hydrogen-bond donors (Lipinski definition) is 1. The molecule has 2 aromatic heterocycles. The highest BCUT2D eigenvalue weighted by atomic mass is 16.5. The van der Waals surface area contributed by atoms with Gasteiger partial charge in [0, 0.05) is 14.1 Å². The second kappa shape index (κ2) is 9.15. The highest BCUT2D eigenvalue weighted by molar-refractivity contribution is 5.80. The summed E-state index contributed by atoms with van der Waals surface area (Å²) in [5.41, 5.74) is 5.75. The van der Waals surface area contributed by atoms with Crippen molar-refractivity contribution in [3.05, 3.63) is 86.1 Å². The number of fused-ring (bicyclic) bond motifs is 1. The topological polar surface area (TPSA) is 95.4 Å². The van der Waals surface area contributed by atoms with Gasteiger partial charge in [-0.15, -0.1) is 0 Å². The molecule has 9 heteroatoms. The normalized spacial score (nSPS) is 11.4. The van der Waals surface area contributed by atoms with Crippen molar-refractivity contribution in [1.82, 2.24) is 18.7 Å². The molecule has 0 aliphatic carbocycles. The van der Waals surface area contributed by atoms with Gasteiger partial charge in [-0.3, -0.25) is 18.5 Å². The van der Waals surface area contributed by atoms with E-state index in [-0.39, 0.29) is 0 Å². The lowest BCUT2D eigenvalue weighted by molar-refractivity contribution is 0.340. The van der Waals surface area contributed by atoms with E-state index >= 15 is 0 Å². The van der Waals surface area contributed by atoms with Gasteiger partial charge in [-0.05, 0) is 49.2 Å². The summed E-state index contributed by atoms with van der Waals surface area (Å²) in [7, 11) is 3.06. The molecule has 2 aromatic carbocycles. The quantitative estimate of drug-likeness (QED) is 0.348. The molecule has 0 fully saturated rings. The van der Waals surface area contributed by atoms with E-state index in [1.165, 1.54) is 11.6 Å². The van der Waals surface area contributed by atoms with Crippen LogP contribution in [0.4, 0.5) is 5.95 Å². The number of nitrogens with zero attached hydrogens (tertiary/aromatic N) is 5. The van der Waals surface area contributed by atoms with Gasteiger partial charge < -0.3 is 4.74 Å². The fourth-order valence-electron chi connectivity index (χ4n) is 3.54. The number of nitrogens with one attached hydrogen (secondary N) is 1. The average molecular weight is 447 g/mol. The predicted molar refractivity (Wildman–Crippen MR) is 129 cm³/mol. The Hall–Kier alpha value is -4.14. The molecule has 33 heavy (non-hydrogen) atoms. The Balaban J connectivity index is 1.73. The Morgan fingerprint density at radius 3 is 2.39 bits per heavy atom. The number of imidazole rings is 1. The maximum atomic E-state index is 13.0. The standard InChI is InChI=1S/C24H26N6O3/c1-5-33-19-12-10-17(11-13-19)14-25-27-23-26-21-20(22(31)29(4)24(32)28(21)3)30(23)15-18-8-6-16(2)7-9-18/h6-14H,5,15H2,1-4H3,(H,26,27)/b25-14-. The van der Waals surface area contributed by atoms with E-state index in [1.807, 2.05) is 62.4 Å². The summed E-state index contributed by atoms with van der Waals surface area (Å²) in [5, 5.41) is 4.31. The minimum Gasteiger partial charge on any atom is -0.494 e. The second-order valence-corrected chi connectivity index (χ2v) is 7.76. The van der Waals surface area contributed by atoms with Gasteiger partial charge in [-0.1, -0.05) is 29.8 Å². The Bertz CT molecular complexity index is 1430. The van der Waals surface area contributed by atoms with E-state index in [0.29, 0.717) is 30.3 Å². The summed E-state index contributed by atoms with van der Waals surface area (Å²) in [6, 6.07) is 15.6. The highest BCUT2D eigenvalue weighted by Crippen LogP contribution is 2.18. The van der Waals surface area contributed by atoms with Crippen molar-refractivity contribution in [3.63, 3.8) is 0 Å². The molecule has 9 nitrogen and oxygen atoms in total. The molecule has 0 amide bonds. The van der Waals surface area contributed by atoms with Crippen molar-refractivity contribution in [3.8, 4) is 5.75 Å². The smallest absolute Gasteiger partial charge is 0.332 e. The molecule has 0 radical (unpaired) electrons. The van der Waals surface area contributed by atoms with Crippen LogP contribution in [0.15, 0.2) is 63.2 Å². The van der Waals surface area contributed by atoms with Crippen LogP contribution in [0.2, 0.25) is 0 Å². The minimum absolute atomic E-state index is 0.300. The van der Waals surface area contributed by atoms with Crippen LogP contribution >= 0.6 is 0 Å². The number of hydrazone groups is 1. The summed E-state index contributed by atoms with van der Waals surface area (Å²) in [5.74, 6) is 1.16. The Labute approximate surface area is 190 Å². The number of ether oxygens (including phenoxy) is 1. The van der Waals surface area contributed by atoms with E-state index in [0.717, 1.165) is 27.0 Å². The Morgan fingerprint density at radius 1 is 1.03 bits per heavy atom. The van der Waals surface area contributed by atoms with E-state index in [2.05, 4.69) is 15.5 Å². The van der Waals surface area contributed by atoms with Crippen LogP contribution in [0.5, 0.6) is 5.75 Å². The first kappa shape index (κ1) is 22.1. The lowest BCUT2D eigenvalue weighted by Gasteiger charge is -2.09. The number of hydrogen-bond acceptors (Lipinski definition) is 6. The Morgan fingerprint density at radius 2 is 1.73 bits per heavy atom. The third kappa shape index (κ3) is 4.43. The van der Waals surface area contributed by atoms with Crippen molar-refractivity contribution < 1.29 is 4.74 Å². The molecule has 4 rings (SSSR count). The van der Waals surface area contributed by atoms with Crippen molar-refractivity contribution in [2.45, 2.75) is 20.4 Å². The van der Waals surface area contributed by atoms with Gasteiger partial charge in [0.05, 0.1) is 19.4 Å². The maximum absolute atomic E-state index is 13.0. The fraction of sp³-hybridized carbons (Fsp3) is 0.250. The van der Waals surface area contributed by atoms with Crippen molar-refractivity contribution in [2.75, 3.05) is 12.0 Å². The van der Waals surface area contributed by atoms with Gasteiger partial charge in [0.15, 0.2) is 11.2 Å². The van der Waals surface area contributed by atoms with Crippen LogP contribution in [0.3, 0.4) is 0 Å². The fourth-order valence-corrected chi connectivity index (χ4v) is 3.54.